The monoisotopic (exact) mass is 537 g/mol. The van der Waals surface area contributed by atoms with E-state index in [4.69, 9.17) is 0 Å². The topological polar surface area (TPSA) is 140 Å². The maximum absolute atomic E-state index is 14.4. The number of fused-ring (bicyclic) bond motifs is 1. The number of hydrogen-bond acceptors (Lipinski definition) is 7. The Morgan fingerprint density at radius 1 is 0.949 bits per heavy atom. The third-order valence-electron chi connectivity index (χ3n) is 6.81. The molecule has 4 rings (SSSR count). The summed E-state index contributed by atoms with van der Waals surface area (Å²) in [7, 11) is 0. The molecule has 1 aliphatic heterocycles. The Hall–Kier alpha value is -3.67. The van der Waals surface area contributed by atoms with Gasteiger partial charge in [-0.15, -0.1) is 0 Å². The third kappa shape index (κ3) is 8.41. The van der Waals surface area contributed by atoms with Gasteiger partial charge in [-0.3, -0.25) is 14.4 Å². The highest BCUT2D eigenvalue weighted by Crippen LogP contribution is 2.18. The second-order valence-electron chi connectivity index (χ2n) is 9.72. The number of piperidine rings is 1. The number of hydrogen-bond donors (Lipinski definition) is 6. The van der Waals surface area contributed by atoms with Crippen molar-refractivity contribution in [2.75, 3.05) is 52.4 Å². The summed E-state index contributed by atoms with van der Waals surface area (Å²) in [5.41, 5.74) is 0.926. The van der Waals surface area contributed by atoms with E-state index in [0.29, 0.717) is 40.9 Å². The molecule has 1 aliphatic rings. The average molecular weight is 538 g/mol. The quantitative estimate of drug-likeness (QED) is 0.176. The Morgan fingerprint density at radius 2 is 1.69 bits per heavy atom. The number of aromatic nitrogens is 2. The predicted octanol–water partition coefficient (Wildman–Crippen LogP) is 0.678. The van der Waals surface area contributed by atoms with E-state index >= 15 is 0 Å². The SMILES string of the molecule is O=C(CNCCNCC1CCNCC1)NCCNC(=O)c1cc(Cc2n[nH]c(=O)c3ccccc23)ccc1F. The number of carbonyl (C=O) groups excluding carboxylic acids is 2. The number of amides is 2. The lowest BCUT2D eigenvalue weighted by Crippen LogP contribution is -2.41. The third-order valence-corrected chi connectivity index (χ3v) is 6.81. The van der Waals surface area contributed by atoms with Crippen LogP contribution in [0.5, 0.6) is 0 Å². The molecule has 39 heavy (non-hydrogen) atoms. The van der Waals surface area contributed by atoms with E-state index in [0.717, 1.165) is 26.2 Å². The van der Waals surface area contributed by atoms with Crippen molar-refractivity contribution in [3.63, 3.8) is 0 Å². The molecule has 11 heteroatoms. The van der Waals surface area contributed by atoms with Crippen LogP contribution in [0.25, 0.3) is 10.8 Å². The van der Waals surface area contributed by atoms with E-state index in [1.807, 2.05) is 6.07 Å². The smallest absolute Gasteiger partial charge is 0.272 e. The van der Waals surface area contributed by atoms with Crippen LogP contribution in [0.3, 0.4) is 0 Å². The van der Waals surface area contributed by atoms with Crippen LogP contribution in [0.2, 0.25) is 0 Å². The zero-order valence-corrected chi connectivity index (χ0v) is 21.9. The number of aromatic amines is 1. The van der Waals surface area contributed by atoms with Gasteiger partial charge in [0.05, 0.1) is 23.2 Å². The lowest BCUT2D eigenvalue weighted by atomic mass is 9.98. The molecule has 0 atom stereocenters. The number of nitrogens with one attached hydrogen (secondary N) is 6. The summed E-state index contributed by atoms with van der Waals surface area (Å²) in [5, 5.41) is 23.1. The zero-order valence-electron chi connectivity index (χ0n) is 21.9. The van der Waals surface area contributed by atoms with Crippen molar-refractivity contribution >= 4 is 22.6 Å². The van der Waals surface area contributed by atoms with E-state index in [9.17, 15) is 18.8 Å². The Balaban J connectivity index is 1.17. The van der Waals surface area contributed by atoms with Crippen LogP contribution in [-0.4, -0.2) is 74.4 Å². The normalized spacial score (nSPS) is 13.9. The largest absolute Gasteiger partial charge is 0.353 e. The number of benzene rings is 2. The van der Waals surface area contributed by atoms with Gasteiger partial charge < -0.3 is 26.6 Å². The lowest BCUT2D eigenvalue weighted by molar-refractivity contribution is -0.120. The van der Waals surface area contributed by atoms with Crippen LogP contribution in [0, 0.1) is 11.7 Å². The minimum absolute atomic E-state index is 0.0915. The van der Waals surface area contributed by atoms with Crippen molar-refractivity contribution in [2.24, 2.45) is 5.92 Å². The molecule has 1 aromatic heterocycles. The first kappa shape index (κ1) is 28.3. The average Bonchev–Trinajstić information content (AvgIpc) is 2.96. The Labute approximate surface area is 226 Å². The first-order valence-electron chi connectivity index (χ1n) is 13.4. The number of nitrogens with zero attached hydrogens (tertiary/aromatic N) is 1. The molecule has 0 aliphatic carbocycles. The van der Waals surface area contributed by atoms with E-state index in [1.165, 1.54) is 25.0 Å². The first-order valence-corrected chi connectivity index (χ1v) is 13.4. The highest BCUT2D eigenvalue weighted by molar-refractivity contribution is 5.94. The summed E-state index contributed by atoms with van der Waals surface area (Å²) < 4.78 is 14.4. The van der Waals surface area contributed by atoms with E-state index in [2.05, 4.69) is 36.8 Å². The summed E-state index contributed by atoms with van der Waals surface area (Å²) in [5.74, 6) is -0.663. The number of carbonyl (C=O) groups is 2. The zero-order chi connectivity index (χ0) is 27.5. The summed E-state index contributed by atoms with van der Waals surface area (Å²) in [6.45, 7) is 5.24. The Kier molecular flexibility index (Phi) is 10.5. The standard InChI is InChI=1S/C28H36FN7O3/c29-24-6-5-20(16-25-21-3-1-2-4-22(21)28(39)36-35-25)15-23(24)27(38)34-14-13-33-26(37)18-32-12-11-31-17-19-7-9-30-10-8-19/h1-6,15,19,30-32H,7-14,16-18H2,(H,33,37)(H,34,38)(H,36,39). The number of rotatable bonds is 13. The van der Waals surface area contributed by atoms with Gasteiger partial charge in [0.25, 0.3) is 11.5 Å². The molecule has 0 unspecified atom stereocenters. The van der Waals surface area contributed by atoms with Gasteiger partial charge in [-0.1, -0.05) is 24.3 Å². The molecule has 2 heterocycles. The van der Waals surface area contributed by atoms with Crippen LogP contribution in [0.1, 0.15) is 34.5 Å². The maximum Gasteiger partial charge on any atom is 0.272 e. The highest BCUT2D eigenvalue weighted by Gasteiger charge is 2.15. The van der Waals surface area contributed by atoms with Gasteiger partial charge in [0.2, 0.25) is 5.91 Å². The summed E-state index contributed by atoms with van der Waals surface area (Å²) in [6.07, 6.45) is 2.71. The van der Waals surface area contributed by atoms with Crippen molar-refractivity contribution < 1.29 is 14.0 Å². The van der Waals surface area contributed by atoms with E-state index in [-0.39, 0.29) is 36.7 Å². The molecule has 2 aromatic carbocycles. The minimum atomic E-state index is -0.641. The molecule has 1 saturated heterocycles. The van der Waals surface area contributed by atoms with E-state index in [1.54, 1.807) is 24.3 Å². The van der Waals surface area contributed by atoms with Crippen LogP contribution >= 0.6 is 0 Å². The second-order valence-corrected chi connectivity index (χ2v) is 9.72. The molecule has 2 amide bonds. The molecule has 0 radical (unpaired) electrons. The van der Waals surface area contributed by atoms with Gasteiger partial charge >= 0.3 is 0 Å². The van der Waals surface area contributed by atoms with Crippen molar-refractivity contribution in [2.45, 2.75) is 19.3 Å². The van der Waals surface area contributed by atoms with Gasteiger partial charge in [0, 0.05) is 38.0 Å². The molecule has 6 N–H and O–H groups in total. The van der Waals surface area contributed by atoms with Crippen LogP contribution < -0.4 is 32.1 Å². The summed E-state index contributed by atoms with van der Waals surface area (Å²) >= 11 is 0. The van der Waals surface area contributed by atoms with Gasteiger partial charge in [-0.05, 0) is 62.2 Å². The Morgan fingerprint density at radius 3 is 2.51 bits per heavy atom. The second kappa shape index (κ2) is 14.5. The van der Waals surface area contributed by atoms with Crippen molar-refractivity contribution in [1.29, 1.82) is 0 Å². The summed E-state index contributed by atoms with van der Waals surface area (Å²) in [6, 6.07) is 11.4. The van der Waals surface area contributed by atoms with Gasteiger partial charge in [0.15, 0.2) is 0 Å². The van der Waals surface area contributed by atoms with Gasteiger partial charge in [0.1, 0.15) is 5.82 Å². The first-order chi connectivity index (χ1) is 19.0. The maximum atomic E-state index is 14.4. The fourth-order valence-corrected chi connectivity index (χ4v) is 4.66. The van der Waals surface area contributed by atoms with Gasteiger partial charge in [-0.2, -0.15) is 5.10 Å². The predicted molar refractivity (Wildman–Crippen MR) is 148 cm³/mol. The van der Waals surface area contributed by atoms with Gasteiger partial charge in [-0.25, -0.2) is 9.49 Å². The van der Waals surface area contributed by atoms with Crippen LogP contribution in [0.4, 0.5) is 4.39 Å². The number of halogens is 1. The van der Waals surface area contributed by atoms with Crippen molar-refractivity contribution in [3.8, 4) is 0 Å². The summed E-state index contributed by atoms with van der Waals surface area (Å²) in [4.78, 5) is 36.7. The Bertz CT molecular complexity index is 1320. The fourth-order valence-electron chi connectivity index (χ4n) is 4.66. The minimum Gasteiger partial charge on any atom is -0.353 e. The molecule has 0 bridgehead atoms. The molecule has 3 aromatic rings. The molecule has 208 valence electrons. The molecular formula is C28H36FN7O3. The molecule has 0 spiro atoms. The lowest BCUT2D eigenvalue weighted by Gasteiger charge is -2.22. The molecule has 1 fully saturated rings. The van der Waals surface area contributed by atoms with Crippen LogP contribution in [-0.2, 0) is 11.2 Å². The molecule has 10 nitrogen and oxygen atoms in total. The fraction of sp³-hybridized carbons (Fsp3) is 0.429. The van der Waals surface area contributed by atoms with Crippen molar-refractivity contribution in [1.82, 2.24) is 36.8 Å². The molecular weight excluding hydrogens is 501 g/mol. The van der Waals surface area contributed by atoms with Crippen molar-refractivity contribution in [3.05, 3.63) is 75.5 Å². The van der Waals surface area contributed by atoms with Crippen LogP contribution in [0.15, 0.2) is 47.3 Å². The highest BCUT2D eigenvalue weighted by atomic mass is 19.1. The van der Waals surface area contributed by atoms with E-state index < -0.39 is 11.7 Å². The number of H-pyrrole nitrogens is 1. The molecule has 0 saturated carbocycles.